The quantitative estimate of drug-likeness (QED) is 0.485. The molecule has 0 atom stereocenters. The Hall–Kier alpha value is -1.39. The van der Waals surface area contributed by atoms with Gasteiger partial charge in [0.2, 0.25) is 5.82 Å². The topological polar surface area (TPSA) is 65.7 Å². The van der Waals surface area contributed by atoms with Crippen LogP contribution < -0.4 is 11.2 Å². The summed E-state index contributed by atoms with van der Waals surface area (Å²) in [7, 11) is 0. The summed E-state index contributed by atoms with van der Waals surface area (Å²) in [6.45, 7) is 0. The Labute approximate surface area is 48.4 Å². The first kappa shape index (κ1) is 5.74. The van der Waals surface area contributed by atoms with Crippen molar-refractivity contribution in [2.45, 2.75) is 0 Å². The molecule has 1 aromatic rings. The zero-order valence-corrected chi connectivity index (χ0v) is 4.27. The highest BCUT2D eigenvalue weighted by atomic mass is 19.1. The summed E-state index contributed by atoms with van der Waals surface area (Å²) < 4.78 is 12.0. The van der Waals surface area contributed by atoms with E-state index >= 15 is 0 Å². The third kappa shape index (κ3) is 1.04. The highest BCUT2D eigenvalue weighted by Crippen LogP contribution is 1.74. The van der Waals surface area contributed by atoms with Crippen molar-refractivity contribution in [3.8, 4) is 0 Å². The summed E-state index contributed by atoms with van der Waals surface area (Å²) in [5.41, 5.74) is -1.71. The molecule has 0 aliphatic heterocycles. The second-order valence-corrected chi connectivity index (χ2v) is 1.42. The summed E-state index contributed by atoms with van der Waals surface area (Å²) in [5, 5.41) is 0. The van der Waals surface area contributed by atoms with Crippen molar-refractivity contribution < 1.29 is 4.39 Å². The van der Waals surface area contributed by atoms with Gasteiger partial charge in [-0.2, -0.15) is 4.39 Å². The van der Waals surface area contributed by atoms with Crippen molar-refractivity contribution in [3.63, 3.8) is 0 Å². The molecule has 0 aliphatic carbocycles. The molecule has 0 unspecified atom stereocenters. The molecule has 48 valence electrons. The standard InChI is InChI=1S/C4H3FN2O2/c5-2-1-6-4(9)7-3(2)8/h1H,(H2,6,7,8,9)/i4+2. The van der Waals surface area contributed by atoms with E-state index in [1.807, 2.05) is 4.98 Å². The lowest BCUT2D eigenvalue weighted by Gasteiger charge is -1.81. The monoisotopic (exact) mass is 132 g/mol. The molecule has 1 heterocycles. The van der Waals surface area contributed by atoms with Crippen LogP contribution in [0.15, 0.2) is 15.8 Å². The van der Waals surface area contributed by atoms with Crippen molar-refractivity contribution in [1.29, 1.82) is 0 Å². The molecule has 5 heteroatoms. The van der Waals surface area contributed by atoms with Gasteiger partial charge in [-0.3, -0.25) is 9.78 Å². The number of aromatic nitrogens is 2. The van der Waals surface area contributed by atoms with E-state index in [0.717, 1.165) is 0 Å². The van der Waals surface area contributed by atoms with Crippen LogP contribution in [0.2, 0.25) is 0 Å². The Morgan fingerprint density at radius 3 is 2.78 bits per heavy atom. The van der Waals surface area contributed by atoms with E-state index < -0.39 is 17.1 Å². The molecular weight excluding hydrogens is 129 g/mol. The van der Waals surface area contributed by atoms with E-state index in [1.54, 1.807) is 4.98 Å². The minimum absolute atomic E-state index is 0.707. The van der Waals surface area contributed by atoms with Crippen molar-refractivity contribution >= 4 is 0 Å². The Morgan fingerprint density at radius 2 is 2.33 bits per heavy atom. The molecule has 0 saturated carbocycles. The molecule has 0 fully saturated rings. The molecular formula is C4H3FN2O2. The Kier molecular flexibility index (Phi) is 1.18. The zero-order valence-electron chi connectivity index (χ0n) is 4.27. The van der Waals surface area contributed by atoms with E-state index in [2.05, 4.69) is 0 Å². The van der Waals surface area contributed by atoms with Gasteiger partial charge in [0, 0.05) is 6.20 Å². The Bertz CT molecular complexity index is 313. The lowest BCUT2D eigenvalue weighted by Crippen LogP contribution is -2.23. The van der Waals surface area contributed by atoms with Crippen LogP contribution in [0, 0.1) is 5.82 Å². The van der Waals surface area contributed by atoms with E-state index in [4.69, 9.17) is 0 Å². The van der Waals surface area contributed by atoms with Crippen LogP contribution in [0.3, 0.4) is 0 Å². The number of rotatable bonds is 0. The van der Waals surface area contributed by atoms with E-state index in [-0.39, 0.29) is 0 Å². The first-order valence-corrected chi connectivity index (χ1v) is 2.17. The lowest BCUT2D eigenvalue weighted by atomic mass is 10.7. The third-order valence-electron chi connectivity index (χ3n) is 0.774. The van der Waals surface area contributed by atoms with Gasteiger partial charge in [-0.05, 0) is 0 Å². The lowest BCUT2D eigenvalue weighted by molar-refractivity contribution is 0.597. The molecule has 2 N–H and O–H groups in total. The highest BCUT2D eigenvalue weighted by Gasteiger charge is 1.93. The fraction of sp³-hybridized carbons (Fsp3) is 0. The summed E-state index contributed by atoms with van der Waals surface area (Å²) in [6.07, 6.45) is 0.709. The van der Waals surface area contributed by atoms with Crippen LogP contribution in [0.5, 0.6) is 0 Å². The van der Waals surface area contributed by atoms with Crippen LogP contribution in [-0.4, -0.2) is 9.97 Å². The maximum Gasteiger partial charge on any atom is 0.325 e. The van der Waals surface area contributed by atoms with Crippen molar-refractivity contribution in [3.05, 3.63) is 32.9 Å². The minimum Gasteiger partial charge on any atom is -0.311 e. The first-order valence-electron chi connectivity index (χ1n) is 2.17. The maximum absolute atomic E-state index is 12.0. The maximum atomic E-state index is 12.0. The van der Waals surface area contributed by atoms with Gasteiger partial charge < -0.3 is 4.98 Å². The second-order valence-electron chi connectivity index (χ2n) is 1.42. The molecule has 0 spiro atoms. The first-order chi connectivity index (χ1) is 4.20. The molecule has 1 rings (SSSR count). The van der Waals surface area contributed by atoms with Gasteiger partial charge in [0.15, 0.2) is 0 Å². The minimum atomic E-state index is -1.00. The fourth-order valence-electron chi connectivity index (χ4n) is 0.393. The molecule has 0 amide bonds. The number of H-pyrrole nitrogens is 2. The molecule has 0 saturated heterocycles. The van der Waals surface area contributed by atoms with Gasteiger partial charge >= 0.3 is 5.69 Å². The summed E-state index contributed by atoms with van der Waals surface area (Å²) in [5.74, 6) is -0.991. The largest absolute Gasteiger partial charge is 0.325 e. The SMILES string of the molecule is O=c1[nH][14c](=O)[nH]cc1F. The summed E-state index contributed by atoms with van der Waals surface area (Å²) >= 11 is 0. The number of aromatic amines is 2. The van der Waals surface area contributed by atoms with E-state index in [1.165, 1.54) is 0 Å². The zero-order chi connectivity index (χ0) is 6.85. The molecule has 1 aromatic heterocycles. The fourth-order valence-corrected chi connectivity index (χ4v) is 0.393. The van der Waals surface area contributed by atoms with Crippen molar-refractivity contribution in [2.75, 3.05) is 0 Å². The van der Waals surface area contributed by atoms with Crippen LogP contribution >= 0.6 is 0 Å². The van der Waals surface area contributed by atoms with Gasteiger partial charge in [-0.25, -0.2) is 4.79 Å². The van der Waals surface area contributed by atoms with Crippen LogP contribution in [0.25, 0.3) is 0 Å². The Balaban J connectivity index is 3.52. The average molecular weight is 132 g/mol. The van der Waals surface area contributed by atoms with Gasteiger partial charge in [-0.1, -0.05) is 0 Å². The number of halogens is 1. The van der Waals surface area contributed by atoms with Gasteiger partial charge in [0.05, 0.1) is 0 Å². The smallest absolute Gasteiger partial charge is 0.311 e. The van der Waals surface area contributed by atoms with Crippen LogP contribution in [0.4, 0.5) is 4.39 Å². The molecule has 9 heavy (non-hydrogen) atoms. The van der Waals surface area contributed by atoms with Crippen LogP contribution in [-0.2, 0) is 0 Å². The third-order valence-corrected chi connectivity index (χ3v) is 0.774. The molecule has 0 bridgehead atoms. The number of hydrogen-bond donors (Lipinski definition) is 2. The predicted molar refractivity (Wildman–Crippen MR) is 27.6 cm³/mol. The van der Waals surface area contributed by atoms with Gasteiger partial charge in [-0.15, -0.1) is 0 Å². The predicted octanol–water partition coefficient (Wildman–Crippen LogP) is -0.798. The van der Waals surface area contributed by atoms with Gasteiger partial charge in [0.1, 0.15) is 0 Å². The summed E-state index contributed by atoms with van der Waals surface area (Å²) in [6, 6.07) is 0. The van der Waals surface area contributed by atoms with Gasteiger partial charge in [0.25, 0.3) is 5.56 Å². The Morgan fingerprint density at radius 1 is 1.67 bits per heavy atom. The summed E-state index contributed by atoms with van der Waals surface area (Å²) in [4.78, 5) is 24.0. The number of nitrogens with one attached hydrogen (secondary N) is 2. The van der Waals surface area contributed by atoms with Crippen LogP contribution in [0.1, 0.15) is 0 Å². The number of hydrogen-bond acceptors (Lipinski definition) is 2. The second kappa shape index (κ2) is 1.85. The van der Waals surface area contributed by atoms with E-state index in [9.17, 15) is 14.0 Å². The highest BCUT2D eigenvalue weighted by molar-refractivity contribution is 4.83. The molecule has 0 aromatic carbocycles. The van der Waals surface area contributed by atoms with Crippen molar-refractivity contribution in [2.24, 2.45) is 0 Å². The molecule has 0 radical (unpaired) electrons. The molecule has 4 nitrogen and oxygen atoms in total. The average Bonchev–Trinajstić information content (AvgIpc) is 1.80. The normalized spacial score (nSPS) is 9.44. The molecule has 0 aliphatic rings. The van der Waals surface area contributed by atoms with E-state index in [0.29, 0.717) is 6.20 Å². The van der Waals surface area contributed by atoms with Crippen molar-refractivity contribution in [1.82, 2.24) is 9.97 Å².